The zero-order chi connectivity index (χ0) is 26.3. The molecule has 0 spiro atoms. The quantitative estimate of drug-likeness (QED) is 0.478. The van der Waals surface area contributed by atoms with Crippen LogP contribution in [0.2, 0.25) is 0 Å². The van der Waals surface area contributed by atoms with E-state index in [9.17, 15) is 19.1 Å². The zero-order valence-corrected chi connectivity index (χ0v) is 21.5. The SMILES string of the molecule is CCc1cccc(C2(NCC(O)C3Cc4cc(F)cc(c4)OCCCCNC(=O)CCC(=O)N3)CC2)c1. The van der Waals surface area contributed by atoms with Crippen LogP contribution < -0.4 is 20.7 Å². The fourth-order valence-corrected chi connectivity index (χ4v) is 4.82. The van der Waals surface area contributed by atoms with Crippen LogP contribution in [0.4, 0.5) is 4.39 Å². The predicted molar refractivity (Wildman–Crippen MR) is 140 cm³/mol. The van der Waals surface area contributed by atoms with Crippen molar-refractivity contribution in [2.45, 2.75) is 76.0 Å². The number of fused-ring (bicyclic) bond motifs is 2. The zero-order valence-electron chi connectivity index (χ0n) is 21.5. The Bertz CT molecular complexity index is 1090. The molecule has 1 saturated carbocycles. The van der Waals surface area contributed by atoms with Gasteiger partial charge in [0, 0.05) is 37.5 Å². The number of aliphatic hydroxyl groups is 1. The number of hydrogen-bond acceptors (Lipinski definition) is 5. The summed E-state index contributed by atoms with van der Waals surface area (Å²) in [5, 5.41) is 20.4. The van der Waals surface area contributed by atoms with E-state index in [1.165, 1.54) is 23.3 Å². The molecule has 37 heavy (non-hydrogen) atoms. The Morgan fingerprint density at radius 1 is 1.14 bits per heavy atom. The lowest BCUT2D eigenvalue weighted by atomic mass is 9.98. The highest BCUT2D eigenvalue weighted by atomic mass is 19.1. The van der Waals surface area contributed by atoms with Gasteiger partial charge < -0.3 is 25.8 Å². The summed E-state index contributed by atoms with van der Waals surface area (Å²) < 4.78 is 20.1. The molecule has 0 saturated heterocycles. The maximum absolute atomic E-state index is 14.4. The largest absolute Gasteiger partial charge is 0.493 e. The molecule has 4 N–H and O–H groups in total. The highest BCUT2D eigenvalue weighted by molar-refractivity contribution is 5.83. The third kappa shape index (κ3) is 7.76. The van der Waals surface area contributed by atoms with Crippen LogP contribution >= 0.6 is 0 Å². The van der Waals surface area contributed by atoms with Gasteiger partial charge in [-0.05, 0) is 67.3 Å². The second kappa shape index (κ2) is 12.5. The van der Waals surface area contributed by atoms with Gasteiger partial charge >= 0.3 is 0 Å². The normalized spacial score (nSPS) is 21.3. The van der Waals surface area contributed by atoms with Crippen LogP contribution in [-0.4, -0.2) is 48.8 Å². The molecule has 2 amide bonds. The number of aryl methyl sites for hydroxylation is 1. The van der Waals surface area contributed by atoms with E-state index in [-0.39, 0.29) is 43.2 Å². The Balaban J connectivity index is 1.48. The second-order valence-electron chi connectivity index (χ2n) is 10.2. The van der Waals surface area contributed by atoms with Gasteiger partial charge in [-0.3, -0.25) is 9.59 Å². The van der Waals surface area contributed by atoms with Gasteiger partial charge in [-0.2, -0.15) is 0 Å². The average molecular weight is 512 g/mol. The van der Waals surface area contributed by atoms with Gasteiger partial charge in [-0.25, -0.2) is 4.39 Å². The number of halogens is 1. The van der Waals surface area contributed by atoms with E-state index in [0.29, 0.717) is 30.9 Å². The number of carbonyl (C=O) groups is 2. The lowest BCUT2D eigenvalue weighted by molar-refractivity contribution is -0.127. The molecule has 2 atom stereocenters. The minimum absolute atomic E-state index is 0.0216. The number of benzene rings is 2. The average Bonchev–Trinajstić information content (AvgIpc) is 3.68. The molecule has 1 aliphatic carbocycles. The van der Waals surface area contributed by atoms with Crippen molar-refractivity contribution in [1.29, 1.82) is 0 Å². The fraction of sp³-hybridized carbons (Fsp3) is 0.517. The van der Waals surface area contributed by atoms with E-state index in [0.717, 1.165) is 25.7 Å². The first-order valence-corrected chi connectivity index (χ1v) is 13.4. The number of ether oxygens (including phenoxy) is 1. The standard InChI is InChI=1S/C29H38FN3O4/c1-2-20-6-5-7-22(14-20)29(10-11-29)32-19-26(34)25-17-21-15-23(30)18-24(16-21)37-13-4-3-12-31-27(35)8-9-28(36)33-25/h5-7,14-16,18,25-26,32,34H,2-4,8-13,17,19H2,1H3,(H,31,35)(H,33,36). The first kappa shape index (κ1) is 27.1. The highest BCUT2D eigenvalue weighted by Crippen LogP contribution is 2.45. The Hall–Kier alpha value is -2.97. The molecule has 200 valence electrons. The van der Waals surface area contributed by atoms with Crippen molar-refractivity contribution < 1.29 is 23.8 Å². The second-order valence-corrected chi connectivity index (χ2v) is 10.2. The number of aliphatic hydroxyl groups excluding tert-OH is 1. The Morgan fingerprint density at radius 2 is 1.95 bits per heavy atom. The summed E-state index contributed by atoms with van der Waals surface area (Å²) in [6.07, 6.45) is 3.75. The van der Waals surface area contributed by atoms with Gasteiger partial charge in [0.15, 0.2) is 0 Å². The van der Waals surface area contributed by atoms with Crippen LogP contribution in [0.15, 0.2) is 42.5 Å². The number of rotatable bonds is 6. The van der Waals surface area contributed by atoms with E-state index < -0.39 is 18.0 Å². The van der Waals surface area contributed by atoms with E-state index >= 15 is 0 Å². The highest BCUT2D eigenvalue weighted by Gasteiger charge is 2.44. The molecule has 7 nitrogen and oxygen atoms in total. The number of amides is 2. The van der Waals surface area contributed by atoms with Gasteiger partial charge in [0.1, 0.15) is 11.6 Å². The van der Waals surface area contributed by atoms with Crippen LogP contribution in [0.1, 0.15) is 62.1 Å². The predicted octanol–water partition coefficient (Wildman–Crippen LogP) is 3.12. The first-order chi connectivity index (χ1) is 17.9. The van der Waals surface area contributed by atoms with Crippen molar-refractivity contribution in [3.63, 3.8) is 0 Å². The molecule has 1 fully saturated rings. The number of nitrogens with one attached hydrogen (secondary N) is 3. The van der Waals surface area contributed by atoms with E-state index in [4.69, 9.17) is 4.74 Å². The van der Waals surface area contributed by atoms with Crippen molar-refractivity contribution in [1.82, 2.24) is 16.0 Å². The van der Waals surface area contributed by atoms with Crippen LogP contribution in [0.3, 0.4) is 0 Å². The Kier molecular flexibility index (Phi) is 9.16. The van der Waals surface area contributed by atoms with Gasteiger partial charge in [0.25, 0.3) is 0 Å². The van der Waals surface area contributed by atoms with Crippen molar-refractivity contribution in [3.8, 4) is 5.75 Å². The van der Waals surface area contributed by atoms with E-state index in [1.54, 1.807) is 6.07 Å². The summed E-state index contributed by atoms with van der Waals surface area (Å²) >= 11 is 0. The van der Waals surface area contributed by atoms with Crippen LogP contribution in [0.5, 0.6) is 5.75 Å². The number of carbonyl (C=O) groups excluding carboxylic acids is 2. The van der Waals surface area contributed by atoms with Crippen molar-refractivity contribution in [2.24, 2.45) is 0 Å². The first-order valence-electron chi connectivity index (χ1n) is 13.4. The fourth-order valence-electron chi connectivity index (χ4n) is 4.82. The summed E-state index contributed by atoms with van der Waals surface area (Å²) in [6, 6.07) is 12.3. The van der Waals surface area contributed by atoms with Crippen LogP contribution in [-0.2, 0) is 28.0 Å². The Labute approximate surface area is 218 Å². The molecule has 2 aromatic carbocycles. The molecular weight excluding hydrogens is 473 g/mol. The van der Waals surface area contributed by atoms with Crippen molar-refractivity contribution >= 4 is 11.8 Å². The molecule has 1 aliphatic heterocycles. The molecule has 1 heterocycles. The molecule has 0 radical (unpaired) electrons. The van der Waals surface area contributed by atoms with Gasteiger partial charge in [-0.1, -0.05) is 31.2 Å². The van der Waals surface area contributed by atoms with E-state index in [2.05, 4.69) is 47.1 Å². The third-order valence-electron chi connectivity index (χ3n) is 7.23. The summed E-state index contributed by atoms with van der Waals surface area (Å²) in [6.45, 7) is 3.29. The lowest BCUT2D eigenvalue weighted by Crippen LogP contribution is -2.50. The summed E-state index contributed by atoms with van der Waals surface area (Å²) in [4.78, 5) is 24.8. The molecule has 0 aromatic heterocycles. The third-order valence-corrected chi connectivity index (χ3v) is 7.23. The topological polar surface area (TPSA) is 99.7 Å². The smallest absolute Gasteiger partial charge is 0.220 e. The molecular formula is C29H38FN3O4. The van der Waals surface area contributed by atoms with Crippen molar-refractivity contribution in [2.75, 3.05) is 19.7 Å². The van der Waals surface area contributed by atoms with Gasteiger partial charge in [0.05, 0.1) is 18.8 Å². The molecule has 2 aliphatic rings. The monoisotopic (exact) mass is 511 g/mol. The summed E-state index contributed by atoms with van der Waals surface area (Å²) in [5.41, 5.74) is 2.93. The Morgan fingerprint density at radius 3 is 2.73 bits per heavy atom. The minimum Gasteiger partial charge on any atom is -0.493 e. The maximum Gasteiger partial charge on any atom is 0.220 e. The molecule has 4 rings (SSSR count). The lowest BCUT2D eigenvalue weighted by Gasteiger charge is -2.27. The maximum atomic E-state index is 14.4. The van der Waals surface area contributed by atoms with Crippen LogP contribution in [0, 0.1) is 5.82 Å². The molecule has 2 bridgehead atoms. The minimum atomic E-state index is -0.920. The van der Waals surface area contributed by atoms with Gasteiger partial charge in [0.2, 0.25) is 11.8 Å². The number of hydrogen-bond donors (Lipinski definition) is 4. The molecule has 8 heteroatoms. The van der Waals surface area contributed by atoms with E-state index in [1.807, 2.05) is 0 Å². The van der Waals surface area contributed by atoms with Crippen LogP contribution in [0.25, 0.3) is 0 Å². The summed E-state index contributed by atoms with van der Waals surface area (Å²) in [5.74, 6) is -0.516. The molecule has 2 unspecified atom stereocenters. The van der Waals surface area contributed by atoms with Gasteiger partial charge in [-0.15, -0.1) is 0 Å². The molecule has 2 aromatic rings. The van der Waals surface area contributed by atoms with Crippen molar-refractivity contribution in [3.05, 3.63) is 65.0 Å². The summed E-state index contributed by atoms with van der Waals surface area (Å²) in [7, 11) is 0.